The van der Waals surface area contributed by atoms with Crippen LogP contribution in [0.5, 0.6) is 0 Å². The molecule has 1 saturated carbocycles. The van der Waals surface area contributed by atoms with Crippen LogP contribution < -0.4 is 4.46 Å². The number of carbonyl (C=O) groups excluding carboxylic acids is 2. The Morgan fingerprint density at radius 3 is 2.24 bits per heavy atom. The van der Waals surface area contributed by atoms with Crippen molar-refractivity contribution in [3.8, 4) is 0 Å². The van der Waals surface area contributed by atoms with Gasteiger partial charge in [-0.25, -0.2) is 0 Å². The van der Waals surface area contributed by atoms with Crippen molar-refractivity contribution in [3.63, 3.8) is 0 Å². The van der Waals surface area contributed by atoms with Gasteiger partial charge in [-0.2, -0.15) is 0 Å². The van der Waals surface area contributed by atoms with Crippen molar-refractivity contribution in [2.75, 3.05) is 13.2 Å². The van der Waals surface area contributed by atoms with Crippen molar-refractivity contribution < 1.29 is 19.1 Å². The van der Waals surface area contributed by atoms with Crippen LogP contribution in [0.3, 0.4) is 0 Å². The second-order valence-corrected chi connectivity index (χ2v) is 7.23. The van der Waals surface area contributed by atoms with Crippen LogP contribution in [0.15, 0.2) is 30.3 Å². The van der Waals surface area contributed by atoms with Crippen molar-refractivity contribution in [1.82, 2.24) is 0 Å². The fraction of sp³-hybridized carbons (Fsp3) is 0.500. The Morgan fingerprint density at radius 2 is 1.71 bits per heavy atom. The quantitative estimate of drug-likeness (QED) is 0.423. The Morgan fingerprint density at radius 1 is 1.14 bits per heavy atom. The van der Waals surface area contributed by atoms with Crippen LogP contribution >= 0.6 is 0 Å². The third-order valence-corrected chi connectivity index (χ3v) is 6.04. The number of benzene rings is 1. The predicted molar refractivity (Wildman–Crippen MR) is 80.4 cm³/mol. The van der Waals surface area contributed by atoms with Crippen LogP contribution in [0, 0.1) is 11.3 Å². The normalized spacial score (nSPS) is 18.9. The minimum atomic E-state index is -1.04. The molecule has 114 valence electrons. The summed E-state index contributed by atoms with van der Waals surface area (Å²) < 4.78 is 11.4. The summed E-state index contributed by atoms with van der Waals surface area (Å²) in [6, 6.07) is 10.2. The first-order chi connectivity index (χ1) is 10.1. The maximum absolute atomic E-state index is 12.1. The van der Waals surface area contributed by atoms with E-state index in [0.29, 0.717) is 6.42 Å². The van der Waals surface area contributed by atoms with Gasteiger partial charge in [0.15, 0.2) is 0 Å². The molecule has 2 rings (SSSR count). The molecular weight excluding hydrogens is 335 g/mol. The van der Waals surface area contributed by atoms with Crippen molar-refractivity contribution >= 4 is 31.4 Å². The van der Waals surface area contributed by atoms with E-state index >= 15 is 0 Å². The van der Waals surface area contributed by atoms with Crippen LogP contribution in [0.25, 0.3) is 0 Å². The number of hydrogen-bond donors (Lipinski definition) is 0. The van der Waals surface area contributed by atoms with E-state index in [1.165, 1.54) is 4.46 Å². The zero-order valence-corrected chi connectivity index (χ0v) is 14.0. The molecule has 0 spiro atoms. The van der Waals surface area contributed by atoms with Gasteiger partial charge in [0, 0.05) is 0 Å². The Labute approximate surface area is 131 Å². The van der Waals surface area contributed by atoms with Crippen molar-refractivity contribution in [3.05, 3.63) is 30.3 Å². The first kappa shape index (κ1) is 16.1. The van der Waals surface area contributed by atoms with Crippen LogP contribution in [-0.2, 0) is 19.1 Å². The molecule has 5 heteroatoms. The third-order valence-electron chi connectivity index (χ3n) is 3.58. The monoisotopic (exact) mass is 356 g/mol. The molecule has 1 fully saturated rings. The molecule has 0 N–H and O–H groups in total. The second kappa shape index (κ2) is 7.10. The summed E-state index contributed by atoms with van der Waals surface area (Å²) in [5, 5.41) is 0.856. The van der Waals surface area contributed by atoms with Gasteiger partial charge in [-0.05, 0) is 0 Å². The van der Waals surface area contributed by atoms with Gasteiger partial charge in [-0.1, -0.05) is 0 Å². The Hall–Kier alpha value is -1.32. The molecule has 1 aliphatic carbocycles. The standard InChI is InChI=1S/C16H20O4Se/c1-3-19-14(17)16(15(18)20-4-2)10-12(16)11-21-13-8-6-5-7-9-13/h5-9,12H,3-4,10-11H2,1-2H3. The first-order valence-electron chi connectivity index (χ1n) is 7.17. The van der Waals surface area contributed by atoms with Crippen LogP contribution in [0.1, 0.15) is 20.3 Å². The van der Waals surface area contributed by atoms with Gasteiger partial charge in [0.25, 0.3) is 0 Å². The minimum absolute atomic E-state index is 0.0517. The zero-order valence-electron chi connectivity index (χ0n) is 12.3. The first-order valence-corrected chi connectivity index (χ1v) is 9.24. The van der Waals surface area contributed by atoms with E-state index in [-0.39, 0.29) is 34.1 Å². The molecule has 1 aliphatic rings. The number of esters is 2. The van der Waals surface area contributed by atoms with Crippen LogP contribution in [0.2, 0.25) is 5.32 Å². The molecule has 21 heavy (non-hydrogen) atoms. The number of hydrogen-bond acceptors (Lipinski definition) is 4. The van der Waals surface area contributed by atoms with E-state index in [9.17, 15) is 9.59 Å². The molecule has 4 nitrogen and oxygen atoms in total. The number of carbonyl (C=O) groups is 2. The second-order valence-electron chi connectivity index (χ2n) is 4.94. The SMILES string of the molecule is CCOC(=O)C1(C(=O)OCC)CC1C[Se]c1ccccc1. The average molecular weight is 355 g/mol. The van der Waals surface area contributed by atoms with Crippen LogP contribution in [-0.4, -0.2) is 40.1 Å². The molecule has 1 aromatic carbocycles. The predicted octanol–water partition coefficient (Wildman–Crippen LogP) is 1.57. The fourth-order valence-electron chi connectivity index (χ4n) is 2.35. The molecule has 0 amide bonds. The van der Waals surface area contributed by atoms with E-state index in [0.717, 1.165) is 5.32 Å². The summed E-state index contributed by atoms with van der Waals surface area (Å²) in [7, 11) is 0. The molecule has 0 heterocycles. The van der Waals surface area contributed by atoms with Gasteiger partial charge in [0.05, 0.1) is 0 Å². The summed E-state index contributed by atoms with van der Waals surface area (Å²) in [5.74, 6) is -0.787. The molecular formula is C16H20O4Se. The Bertz CT molecular complexity index is 482. The van der Waals surface area contributed by atoms with Crippen LogP contribution in [0.4, 0.5) is 0 Å². The summed E-state index contributed by atoms with van der Waals surface area (Å²) in [6.45, 7) is 4.08. The molecule has 1 atom stereocenters. The van der Waals surface area contributed by atoms with Gasteiger partial charge in [-0.3, -0.25) is 0 Å². The van der Waals surface area contributed by atoms with Gasteiger partial charge in [0.2, 0.25) is 0 Å². The molecule has 1 aromatic rings. The van der Waals surface area contributed by atoms with Gasteiger partial charge >= 0.3 is 131 Å². The van der Waals surface area contributed by atoms with E-state index < -0.39 is 17.4 Å². The number of ether oxygens (including phenoxy) is 2. The summed E-state index contributed by atoms with van der Waals surface area (Å²) >= 11 is 0.257. The van der Waals surface area contributed by atoms with Crippen molar-refractivity contribution in [2.45, 2.75) is 25.6 Å². The molecule has 0 aliphatic heterocycles. The van der Waals surface area contributed by atoms with Gasteiger partial charge in [0.1, 0.15) is 0 Å². The topological polar surface area (TPSA) is 52.6 Å². The van der Waals surface area contributed by atoms with E-state index in [2.05, 4.69) is 12.1 Å². The summed E-state index contributed by atoms with van der Waals surface area (Å²) in [6.07, 6.45) is 0.555. The van der Waals surface area contributed by atoms with E-state index in [1.807, 2.05) is 18.2 Å². The average Bonchev–Trinajstić information content (AvgIpc) is 3.23. The summed E-state index contributed by atoms with van der Waals surface area (Å²) in [5.41, 5.74) is -1.04. The number of rotatable bonds is 7. The van der Waals surface area contributed by atoms with Crippen molar-refractivity contribution in [2.24, 2.45) is 11.3 Å². The molecule has 0 aromatic heterocycles. The molecule has 1 unspecified atom stereocenters. The molecule has 0 saturated heterocycles. The Balaban J connectivity index is 2.00. The fourth-order valence-corrected chi connectivity index (χ4v) is 4.75. The third kappa shape index (κ3) is 3.47. The maximum atomic E-state index is 12.1. The molecule has 0 bridgehead atoms. The summed E-state index contributed by atoms with van der Waals surface area (Å²) in [4.78, 5) is 24.3. The molecule has 0 radical (unpaired) electrons. The Kier molecular flexibility index (Phi) is 5.43. The van der Waals surface area contributed by atoms with Gasteiger partial charge in [-0.15, -0.1) is 0 Å². The van der Waals surface area contributed by atoms with E-state index in [4.69, 9.17) is 9.47 Å². The van der Waals surface area contributed by atoms with E-state index in [1.54, 1.807) is 13.8 Å². The van der Waals surface area contributed by atoms with Gasteiger partial charge < -0.3 is 0 Å². The zero-order chi connectivity index (χ0) is 15.3. The van der Waals surface area contributed by atoms with Crippen molar-refractivity contribution in [1.29, 1.82) is 0 Å².